The van der Waals surface area contributed by atoms with Gasteiger partial charge in [-0.05, 0) is 24.5 Å². The summed E-state index contributed by atoms with van der Waals surface area (Å²) in [5.41, 5.74) is 3.95. The second-order valence-electron chi connectivity index (χ2n) is 4.70. The van der Waals surface area contributed by atoms with E-state index in [2.05, 4.69) is 0 Å². The van der Waals surface area contributed by atoms with Crippen LogP contribution < -0.4 is 5.73 Å². The van der Waals surface area contributed by atoms with Gasteiger partial charge in [-0.3, -0.25) is 4.79 Å². The van der Waals surface area contributed by atoms with Crippen LogP contribution in [0.5, 0.6) is 0 Å². The summed E-state index contributed by atoms with van der Waals surface area (Å²) in [5, 5.41) is 9.31. The molecule has 0 spiro atoms. The van der Waals surface area contributed by atoms with E-state index in [0.29, 0.717) is 0 Å². The van der Waals surface area contributed by atoms with Crippen molar-refractivity contribution < 1.29 is 18.7 Å². The first-order valence-corrected chi connectivity index (χ1v) is 5.71. The van der Waals surface area contributed by atoms with Crippen LogP contribution in [0.1, 0.15) is 19.4 Å². The highest BCUT2D eigenvalue weighted by atomic mass is 19.1. The maximum Gasteiger partial charge on any atom is 0.311 e. The number of halogens is 2. The van der Waals surface area contributed by atoms with Gasteiger partial charge in [-0.15, -0.1) is 0 Å². The zero-order valence-corrected chi connectivity index (χ0v) is 10.4. The Morgan fingerprint density at radius 2 is 1.89 bits per heavy atom. The van der Waals surface area contributed by atoms with E-state index in [1.807, 2.05) is 0 Å². The van der Waals surface area contributed by atoms with Gasteiger partial charge in [-0.1, -0.05) is 19.9 Å². The van der Waals surface area contributed by atoms with Gasteiger partial charge in [0.05, 0.1) is 5.41 Å². The maximum atomic E-state index is 13.6. The first-order valence-electron chi connectivity index (χ1n) is 5.71. The molecule has 1 aromatic rings. The molecule has 0 radical (unpaired) electrons. The molecular weight excluding hydrogens is 240 g/mol. The van der Waals surface area contributed by atoms with E-state index < -0.39 is 23.0 Å². The van der Waals surface area contributed by atoms with Gasteiger partial charge in [-0.25, -0.2) is 8.78 Å². The van der Waals surface area contributed by atoms with E-state index in [1.54, 1.807) is 13.8 Å². The van der Waals surface area contributed by atoms with E-state index in [9.17, 15) is 18.7 Å². The minimum Gasteiger partial charge on any atom is -0.481 e. The lowest BCUT2D eigenvalue weighted by atomic mass is 9.72. The molecular formula is C13H17F2NO2. The average molecular weight is 257 g/mol. The van der Waals surface area contributed by atoms with Crippen molar-refractivity contribution in [2.75, 3.05) is 6.54 Å². The quantitative estimate of drug-likeness (QED) is 0.850. The summed E-state index contributed by atoms with van der Waals surface area (Å²) in [4.78, 5) is 11.4. The van der Waals surface area contributed by atoms with Crippen LogP contribution in [-0.2, 0) is 11.2 Å². The number of hydrogen-bond donors (Lipinski definition) is 2. The van der Waals surface area contributed by atoms with Gasteiger partial charge < -0.3 is 10.8 Å². The molecule has 0 heterocycles. The Balaban J connectivity index is 3.23. The molecule has 1 rings (SSSR count). The Kier molecular flexibility index (Phi) is 4.40. The minimum atomic E-state index is -1.36. The molecule has 0 aliphatic rings. The van der Waals surface area contributed by atoms with Gasteiger partial charge in [0.15, 0.2) is 0 Å². The fourth-order valence-electron chi connectivity index (χ4n) is 1.94. The highest BCUT2D eigenvalue weighted by Gasteiger charge is 2.41. The van der Waals surface area contributed by atoms with E-state index in [-0.39, 0.29) is 24.4 Å². The molecule has 0 saturated heterocycles. The van der Waals surface area contributed by atoms with Crippen molar-refractivity contribution in [3.63, 3.8) is 0 Å². The Hall–Kier alpha value is -1.49. The lowest BCUT2D eigenvalue weighted by molar-refractivity contribution is -0.151. The third kappa shape index (κ3) is 2.51. The fraction of sp³-hybridized carbons (Fsp3) is 0.462. The van der Waals surface area contributed by atoms with Gasteiger partial charge in [0.1, 0.15) is 11.6 Å². The SMILES string of the molecule is CC(C)C(CN)(Cc1c(F)cccc1F)C(=O)O. The smallest absolute Gasteiger partial charge is 0.311 e. The Bertz CT molecular complexity index is 428. The third-order valence-electron chi connectivity index (χ3n) is 3.45. The predicted octanol–water partition coefficient (Wildman–Crippen LogP) is 2.19. The number of aliphatic carboxylic acids is 1. The van der Waals surface area contributed by atoms with Crippen LogP contribution in [0.4, 0.5) is 8.78 Å². The molecule has 0 bridgehead atoms. The lowest BCUT2D eigenvalue weighted by Crippen LogP contribution is -2.45. The molecule has 0 saturated carbocycles. The molecule has 3 nitrogen and oxygen atoms in total. The summed E-state index contributed by atoms with van der Waals surface area (Å²) >= 11 is 0. The Morgan fingerprint density at radius 3 is 2.22 bits per heavy atom. The molecule has 100 valence electrons. The fourth-order valence-corrected chi connectivity index (χ4v) is 1.94. The van der Waals surface area contributed by atoms with E-state index >= 15 is 0 Å². The van der Waals surface area contributed by atoms with Crippen molar-refractivity contribution >= 4 is 5.97 Å². The number of rotatable bonds is 5. The molecule has 1 atom stereocenters. The van der Waals surface area contributed by atoms with Crippen LogP contribution in [0, 0.1) is 23.0 Å². The number of benzene rings is 1. The highest BCUT2D eigenvalue weighted by Crippen LogP contribution is 2.33. The largest absolute Gasteiger partial charge is 0.481 e. The van der Waals surface area contributed by atoms with E-state index in [0.717, 1.165) is 12.1 Å². The number of carbonyl (C=O) groups is 1. The number of hydrogen-bond acceptors (Lipinski definition) is 2. The standard InChI is InChI=1S/C13H17F2NO2/c1-8(2)13(7-16,12(17)18)6-9-10(14)4-3-5-11(9)15/h3-5,8H,6-7,16H2,1-2H3,(H,17,18). The lowest BCUT2D eigenvalue weighted by Gasteiger charge is -2.32. The average Bonchev–Trinajstić information content (AvgIpc) is 2.28. The highest BCUT2D eigenvalue weighted by molar-refractivity contribution is 5.75. The summed E-state index contributed by atoms with van der Waals surface area (Å²) in [6.07, 6.45) is -0.255. The molecule has 1 aromatic carbocycles. The van der Waals surface area contributed by atoms with Crippen LogP contribution in [-0.4, -0.2) is 17.6 Å². The van der Waals surface area contributed by atoms with Gasteiger partial charge in [0.25, 0.3) is 0 Å². The minimum absolute atomic E-state index is 0.173. The first-order chi connectivity index (χ1) is 8.35. The van der Waals surface area contributed by atoms with E-state index in [1.165, 1.54) is 6.07 Å². The van der Waals surface area contributed by atoms with Gasteiger partial charge in [0, 0.05) is 12.1 Å². The second kappa shape index (κ2) is 5.44. The van der Waals surface area contributed by atoms with Crippen LogP contribution in [0.25, 0.3) is 0 Å². The maximum absolute atomic E-state index is 13.6. The van der Waals surface area contributed by atoms with Gasteiger partial charge in [-0.2, -0.15) is 0 Å². The van der Waals surface area contributed by atoms with Gasteiger partial charge in [0.2, 0.25) is 0 Å². The van der Waals surface area contributed by atoms with Crippen molar-refractivity contribution in [1.29, 1.82) is 0 Å². The van der Waals surface area contributed by atoms with Crippen molar-refractivity contribution in [1.82, 2.24) is 0 Å². The van der Waals surface area contributed by atoms with Crippen LogP contribution >= 0.6 is 0 Å². The molecule has 18 heavy (non-hydrogen) atoms. The van der Waals surface area contributed by atoms with Crippen LogP contribution in [0.15, 0.2) is 18.2 Å². The number of carboxylic acid groups (broad SMARTS) is 1. The zero-order valence-electron chi connectivity index (χ0n) is 10.4. The molecule has 0 aromatic heterocycles. The van der Waals surface area contributed by atoms with Crippen LogP contribution in [0.3, 0.4) is 0 Å². The molecule has 1 unspecified atom stereocenters. The third-order valence-corrected chi connectivity index (χ3v) is 3.45. The van der Waals surface area contributed by atoms with Crippen molar-refractivity contribution in [3.05, 3.63) is 35.4 Å². The Morgan fingerprint density at radius 1 is 1.39 bits per heavy atom. The van der Waals surface area contributed by atoms with Crippen LogP contribution in [0.2, 0.25) is 0 Å². The number of nitrogens with two attached hydrogens (primary N) is 1. The number of carboxylic acids is 1. The predicted molar refractivity (Wildman–Crippen MR) is 64.0 cm³/mol. The first kappa shape index (κ1) is 14.6. The zero-order chi connectivity index (χ0) is 13.9. The summed E-state index contributed by atoms with van der Waals surface area (Å²) in [6, 6.07) is 3.47. The second-order valence-corrected chi connectivity index (χ2v) is 4.70. The summed E-state index contributed by atoms with van der Waals surface area (Å²) in [6.45, 7) is 3.19. The summed E-state index contributed by atoms with van der Waals surface area (Å²) < 4.78 is 27.1. The molecule has 3 N–H and O–H groups in total. The van der Waals surface area contributed by atoms with Crippen molar-refractivity contribution in [3.8, 4) is 0 Å². The van der Waals surface area contributed by atoms with Crippen molar-refractivity contribution in [2.24, 2.45) is 17.1 Å². The van der Waals surface area contributed by atoms with Crippen molar-refractivity contribution in [2.45, 2.75) is 20.3 Å². The molecule has 0 aliphatic heterocycles. The summed E-state index contributed by atoms with van der Waals surface area (Å²) in [5.74, 6) is -2.95. The van der Waals surface area contributed by atoms with Gasteiger partial charge >= 0.3 is 5.97 Å². The molecule has 0 aliphatic carbocycles. The Labute approximate surface area is 105 Å². The molecule has 0 amide bonds. The topological polar surface area (TPSA) is 63.3 Å². The van der Waals surface area contributed by atoms with E-state index in [4.69, 9.17) is 5.73 Å². The monoisotopic (exact) mass is 257 g/mol. The summed E-state index contributed by atoms with van der Waals surface area (Å²) in [7, 11) is 0. The molecule has 5 heteroatoms. The normalized spacial score (nSPS) is 14.6. The molecule has 0 fully saturated rings.